The van der Waals surface area contributed by atoms with Crippen LogP contribution in [0.15, 0.2) is 64.4 Å². The largest absolute Gasteiger partial charge is 1.00 e. The number of nitrogens with zero attached hydrogens (tertiary/aromatic N) is 6. The molecule has 0 spiro atoms. The van der Waals surface area contributed by atoms with Crippen LogP contribution in [-0.4, -0.2) is 76.4 Å². The molecule has 1 aromatic heterocycles. The number of anilines is 1. The third kappa shape index (κ3) is 7.60. The Balaban J connectivity index is 0.00000368. The van der Waals surface area contributed by atoms with E-state index in [2.05, 4.69) is 15.5 Å². The van der Waals surface area contributed by atoms with Crippen LogP contribution >= 0.6 is 0 Å². The SMILES string of the molecule is COc1cc([N+](=O)[O-])c(S(=O)(=O)[O-])cc1-n1nc(C(=O)Nc2ccccc2)n[n+]1-c1cc(S(=O)(=O)[O-])c([N+](=O)[O-])cc1OC.O.[Na+]. The molecule has 0 saturated heterocycles. The summed E-state index contributed by atoms with van der Waals surface area (Å²) in [5.41, 5.74) is -3.25. The molecule has 4 aromatic rings. The number of methoxy groups -OCH3 is 2. The van der Waals surface area contributed by atoms with Crippen molar-refractivity contribution in [1.82, 2.24) is 15.0 Å². The fourth-order valence-electron chi connectivity index (χ4n) is 3.80. The van der Waals surface area contributed by atoms with Gasteiger partial charge in [-0.25, -0.2) is 16.8 Å². The number of nitrogens with one attached hydrogen (secondary N) is 1. The van der Waals surface area contributed by atoms with Gasteiger partial charge in [-0.3, -0.25) is 25.0 Å². The first-order chi connectivity index (χ1) is 20.6. The second-order valence-corrected chi connectivity index (χ2v) is 11.0. The first-order valence-corrected chi connectivity index (χ1v) is 14.3. The summed E-state index contributed by atoms with van der Waals surface area (Å²) in [7, 11) is -9.05. The van der Waals surface area contributed by atoms with Gasteiger partial charge < -0.3 is 29.4 Å². The predicted molar refractivity (Wildman–Crippen MR) is 143 cm³/mol. The van der Waals surface area contributed by atoms with E-state index in [0.717, 1.165) is 14.2 Å². The normalized spacial score (nSPS) is 11.0. The zero-order valence-corrected chi connectivity index (χ0v) is 27.1. The Morgan fingerprint density at radius 3 is 1.85 bits per heavy atom. The van der Waals surface area contributed by atoms with Crippen molar-refractivity contribution in [2.24, 2.45) is 0 Å². The maximum Gasteiger partial charge on any atom is 1.00 e. The number of tetrazole rings is 1. The summed E-state index contributed by atoms with van der Waals surface area (Å²) in [6.07, 6.45) is 0. The quantitative estimate of drug-likeness (QED) is 0.0557. The minimum Gasteiger partial charge on any atom is -0.744 e. The Morgan fingerprint density at radius 1 is 0.870 bits per heavy atom. The van der Waals surface area contributed by atoms with Gasteiger partial charge in [0.05, 0.1) is 41.3 Å². The molecular formula is C22H18N7NaO14S2. The average Bonchev–Trinajstić information content (AvgIpc) is 3.40. The van der Waals surface area contributed by atoms with Crippen molar-refractivity contribution in [3.63, 3.8) is 0 Å². The minimum atomic E-state index is -5.53. The second kappa shape index (κ2) is 14.2. The van der Waals surface area contributed by atoms with Gasteiger partial charge in [0.1, 0.15) is 30.0 Å². The van der Waals surface area contributed by atoms with Gasteiger partial charge in [-0.2, -0.15) is 0 Å². The van der Waals surface area contributed by atoms with Crippen molar-refractivity contribution in [3.8, 4) is 22.9 Å². The van der Waals surface area contributed by atoms with Crippen molar-refractivity contribution in [3.05, 3.63) is 80.7 Å². The molecule has 0 saturated carbocycles. The van der Waals surface area contributed by atoms with Crippen molar-refractivity contribution in [2.75, 3.05) is 19.5 Å². The molecule has 1 heterocycles. The zero-order valence-electron chi connectivity index (χ0n) is 23.5. The maximum atomic E-state index is 13.1. The molecule has 0 aliphatic carbocycles. The molecular weight excluding hydrogens is 673 g/mol. The summed E-state index contributed by atoms with van der Waals surface area (Å²) in [5.74, 6) is -2.72. The van der Waals surface area contributed by atoms with E-state index in [9.17, 15) is 51.0 Å². The first-order valence-electron chi connectivity index (χ1n) is 11.5. The number of para-hydroxylation sites is 1. The fraction of sp³-hybridized carbons (Fsp3) is 0.0909. The number of nitro groups is 2. The molecule has 4 rings (SSSR count). The van der Waals surface area contributed by atoms with Crippen molar-refractivity contribution in [2.45, 2.75) is 9.79 Å². The van der Waals surface area contributed by atoms with Crippen molar-refractivity contribution < 1.29 is 89.9 Å². The van der Waals surface area contributed by atoms with Crippen LogP contribution in [0.3, 0.4) is 0 Å². The smallest absolute Gasteiger partial charge is 0.744 e. The number of rotatable bonds is 10. The van der Waals surface area contributed by atoms with E-state index < -0.39 is 85.9 Å². The van der Waals surface area contributed by atoms with E-state index in [0.29, 0.717) is 33.9 Å². The standard InChI is InChI=1S/C22H17N7O13S2.Na.H2O/c1-41-17-8-15(28(31)32)19(43(35,36)37)10-13(17)26-24-21(22(30)23-12-6-4-3-5-7-12)25-27(26)14-11-20(44(38,39)40)16(29(33)34)9-18(14)42-2;;/h3-11H,1-2H3,(H2-,23,30,35,36,37,38,39,40);;1H2/q;+1;/p-1. The van der Waals surface area contributed by atoms with Crippen molar-refractivity contribution in [1.29, 1.82) is 0 Å². The van der Waals surface area contributed by atoms with Crippen LogP contribution < -0.4 is 49.1 Å². The molecule has 0 bridgehead atoms. The maximum absolute atomic E-state index is 13.1. The van der Waals surface area contributed by atoms with Gasteiger partial charge in [0.15, 0.2) is 17.2 Å². The third-order valence-corrected chi connectivity index (χ3v) is 7.41. The van der Waals surface area contributed by atoms with Crippen LogP contribution in [0, 0.1) is 20.2 Å². The van der Waals surface area contributed by atoms with Crippen LogP contribution in [0.4, 0.5) is 17.1 Å². The van der Waals surface area contributed by atoms with Gasteiger partial charge in [-0.1, -0.05) is 18.2 Å². The molecule has 238 valence electrons. The van der Waals surface area contributed by atoms with Crippen LogP contribution in [0.25, 0.3) is 11.4 Å². The van der Waals surface area contributed by atoms with Crippen LogP contribution in [0.2, 0.25) is 0 Å². The summed E-state index contributed by atoms with van der Waals surface area (Å²) in [6.45, 7) is 0. The molecule has 3 aromatic carbocycles. The van der Waals surface area contributed by atoms with Gasteiger partial charge in [0, 0.05) is 21.6 Å². The molecule has 0 radical (unpaired) electrons. The van der Waals surface area contributed by atoms with Gasteiger partial charge in [-0.05, 0) is 23.0 Å². The molecule has 0 aliphatic rings. The number of hydrogen-bond donors (Lipinski definition) is 1. The Kier molecular flexibility index (Phi) is 11.6. The number of carbonyl (C=O) groups is 1. The Morgan fingerprint density at radius 2 is 1.37 bits per heavy atom. The van der Waals surface area contributed by atoms with Gasteiger partial charge in [0.2, 0.25) is 5.69 Å². The summed E-state index contributed by atoms with van der Waals surface area (Å²) in [4.78, 5) is 32.2. The molecule has 46 heavy (non-hydrogen) atoms. The number of carbonyl (C=O) groups excluding carboxylic acids is 1. The van der Waals surface area contributed by atoms with E-state index in [-0.39, 0.29) is 40.7 Å². The number of aromatic nitrogens is 4. The monoisotopic (exact) mass is 691 g/mol. The van der Waals surface area contributed by atoms with Gasteiger partial charge in [-0.15, -0.1) is 0 Å². The van der Waals surface area contributed by atoms with E-state index in [1.807, 2.05) is 0 Å². The Hall–Kier alpha value is -4.62. The number of nitro benzene ring substituents is 2. The first kappa shape index (κ1) is 37.6. The topological polar surface area (TPSA) is 314 Å². The van der Waals surface area contributed by atoms with E-state index in [1.165, 1.54) is 12.1 Å². The molecule has 24 heteroatoms. The number of amides is 1. The molecule has 0 fully saturated rings. The van der Waals surface area contributed by atoms with Gasteiger partial charge in [0.25, 0.3) is 11.4 Å². The molecule has 0 aliphatic heterocycles. The van der Waals surface area contributed by atoms with Crippen LogP contribution in [0.5, 0.6) is 11.5 Å². The van der Waals surface area contributed by atoms with Crippen molar-refractivity contribution >= 4 is 43.2 Å². The summed E-state index contributed by atoms with van der Waals surface area (Å²) in [6, 6.07) is 9.91. The second-order valence-electron chi connectivity index (χ2n) is 8.33. The van der Waals surface area contributed by atoms with Crippen LogP contribution in [0.1, 0.15) is 10.6 Å². The summed E-state index contributed by atoms with van der Waals surface area (Å²) < 4.78 is 82.1. The molecule has 0 atom stereocenters. The molecule has 1 amide bonds. The van der Waals surface area contributed by atoms with E-state index >= 15 is 0 Å². The number of benzene rings is 3. The molecule has 21 nitrogen and oxygen atoms in total. The number of ether oxygens (including phenoxy) is 2. The summed E-state index contributed by atoms with van der Waals surface area (Å²) >= 11 is 0. The Labute approximate surface area is 279 Å². The van der Waals surface area contributed by atoms with E-state index in [4.69, 9.17) is 9.47 Å². The Bertz CT molecular complexity index is 1940. The predicted octanol–water partition coefficient (Wildman–Crippen LogP) is -3.38. The minimum absolute atomic E-state index is 0. The molecule has 0 unspecified atom stereocenters. The van der Waals surface area contributed by atoms with Gasteiger partial charge >= 0.3 is 41.3 Å². The fourth-order valence-corrected chi connectivity index (χ4v) is 5.09. The van der Waals surface area contributed by atoms with E-state index in [1.54, 1.807) is 18.2 Å². The average molecular weight is 692 g/mol. The summed E-state index contributed by atoms with van der Waals surface area (Å²) in [5, 5.41) is 33.5. The molecule has 3 N–H and O–H groups in total. The van der Waals surface area contributed by atoms with Crippen LogP contribution in [-0.2, 0) is 20.2 Å². The number of hydrogen-bond acceptors (Lipinski definition) is 15. The zero-order chi connectivity index (χ0) is 32.6. The third-order valence-electron chi connectivity index (χ3n) is 5.68.